The quantitative estimate of drug-likeness (QED) is 0.879. The first-order valence-corrected chi connectivity index (χ1v) is 5.64. The second-order valence-electron chi connectivity index (χ2n) is 4.31. The van der Waals surface area contributed by atoms with E-state index in [1.54, 1.807) is 0 Å². The molecule has 0 amide bonds. The van der Waals surface area contributed by atoms with Gasteiger partial charge < -0.3 is 5.11 Å². The lowest BCUT2D eigenvalue weighted by Crippen LogP contribution is -2.49. The van der Waals surface area contributed by atoms with Crippen molar-refractivity contribution in [3.8, 4) is 0 Å². The maximum Gasteiger partial charge on any atom is 0.309 e. The van der Waals surface area contributed by atoms with E-state index in [4.69, 9.17) is 16.7 Å². The first kappa shape index (κ1) is 11.4. The summed E-state index contributed by atoms with van der Waals surface area (Å²) < 4.78 is 0. The maximum absolute atomic E-state index is 10.6. The predicted molar refractivity (Wildman–Crippen MR) is 62.6 cm³/mol. The van der Waals surface area contributed by atoms with Crippen LogP contribution in [0.25, 0.3) is 0 Å². The number of carboxylic acids is 1. The molecule has 0 unspecified atom stereocenters. The zero-order valence-corrected chi connectivity index (χ0v) is 9.87. The summed E-state index contributed by atoms with van der Waals surface area (Å²) in [5, 5.41) is 9.52. The van der Waals surface area contributed by atoms with Crippen molar-refractivity contribution in [2.75, 3.05) is 13.1 Å². The molecular weight excluding hydrogens is 226 g/mol. The van der Waals surface area contributed by atoms with E-state index in [0.717, 1.165) is 22.7 Å². The van der Waals surface area contributed by atoms with Crippen LogP contribution in [0.3, 0.4) is 0 Å². The Kier molecular flexibility index (Phi) is 3.17. The Bertz CT molecular complexity index is 413. The Hall–Kier alpha value is -1.06. The number of hydrogen-bond donors (Lipinski definition) is 1. The molecular formula is C12H14ClNO2. The highest BCUT2D eigenvalue weighted by molar-refractivity contribution is 6.31. The van der Waals surface area contributed by atoms with Crippen LogP contribution >= 0.6 is 11.6 Å². The topological polar surface area (TPSA) is 40.5 Å². The van der Waals surface area contributed by atoms with E-state index in [9.17, 15) is 4.79 Å². The van der Waals surface area contributed by atoms with Crippen LogP contribution in [0.15, 0.2) is 18.2 Å². The molecule has 1 N–H and O–H groups in total. The van der Waals surface area contributed by atoms with Crippen molar-refractivity contribution < 1.29 is 9.90 Å². The van der Waals surface area contributed by atoms with Gasteiger partial charge in [-0.1, -0.05) is 23.7 Å². The molecule has 0 aromatic heterocycles. The Morgan fingerprint density at radius 1 is 1.56 bits per heavy atom. The molecule has 1 aromatic rings. The normalized spacial score (nSPS) is 17.1. The molecule has 0 bridgehead atoms. The smallest absolute Gasteiger partial charge is 0.309 e. The molecule has 1 aromatic carbocycles. The number of rotatable bonds is 3. The predicted octanol–water partition coefficient (Wildman–Crippen LogP) is 2.16. The van der Waals surface area contributed by atoms with Crippen molar-refractivity contribution in [2.45, 2.75) is 13.5 Å². The van der Waals surface area contributed by atoms with Crippen molar-refractivity contribution in [1.82, 2.24) is 4.90 Å². The van der Waals surface area contributed by atoms with Crippen LogP contribution in [0.2, 0.25) is 5.02 Å². The third-order valence-corrected chi connectivity index (χ3v) is 3.36. The maximum atomic E-state index is 10.6. The molecule has 86 valence electrons. The summed E-state index contributed by atoms with van der Waals surface area (Å²) in [7, 11) is 0. The lowest BCUT2D eigenvalue weighted by atomic mass is 9.99. The molecule has 3 nitrogen and oxygen atoms in total. The van der Waals surface area contributed by atoms with Crippen LogP contribution in [0.1, 0.15) is 11.1 Å². The number of likely N-dealkylation sites (tertiary alicyclic amines) is 1. The van der Waals surface area contributed by atoms with Gasteiger partial charge in [-0.3, -0.25) is 9.69 Å². The summed E-state index contributed by atoms with van der Waals surface area (Å²) in [6.07, 6.45) is 0. The minimum Gasteiger partial charge on any atom is -0.481 e. The third kappa shape index (κ3) is 2.36. The van der Waals surface area contributed by atoms with E-state index < -0.39 is 5.97 Å². The number of halogens is 1. The van der Waals surface area contributed by atoms with E-state index in [0.29, 0.717) is 13.1 Å². The van der Waals surface area contributed by atoms with Gasteiger partial charge in [0.1, 0.15) is 0 Å². The van der Waals surface area contributed by atoms with Crippen molar-refractivity contribution >= 4 is 17.6 Å². The van der Waals surface area contributed by atoms with Gasteiger partial charge in [0.2, 0.25) is 0 Å². The number of benzene rings is 1. The first-order chi connectivity index (χ1) is 7.56. The van der Waals surface area contributed by atoms with E-state index in [1.807, 2.05) is 25.1 Å². The van der Waals surface area contributed by atoms with Crippen LogP contribution in [0, 0.1) is 12.8 Å². The second-order valence-corrected chi connectivity index (χ2v) is 4.72. The SMILES string of the molecule is Cc1ccc(CN2CC(C(=O)O)C2)cc1Cl. The number of aryl methyl sites for hydroxylation is 1. The van der Waals surface area contributed by atoms with Crippen molar-refractivity contribution in [3.63, 3.8) is 0 Å². The van der Waals surface area contributed by atoms with Gasteiger partial charge in [0, 0.05) is 24.7 Å². The number of carboxylic acid groups (broad SMARTS) is 1. The van der Waals surface area contributed by atoms with Gasteiger partial charge in [-0.2, -0.15) is 0 Å². The van der Waals surface area contributed by atoms with Gasteiger partial charge in [0.25, 0.3) is 0 Å². The fourth-order valence-corrected chi connectivity index (χ4v) is 2.05. The molecule has 1 aliphatic heterocycles. The highest BCUT2D eigenvalue weighted by atomic mass is 35.5. The number of carbonyl (C=O) groups is 1. The van der Waals surface area contributed by atoms with Gasteiger partial charge >= 0.3 is 5.97 Å². The van der Waals surface area contributed by atoms with Crippen LogP contribution in [-0.4, -0.2) is 29.1 Å². The first-order valence-electron chi connectivity index (χ1n) is 5.26. The molecule has 4 heteroatoms. The molecule has 16 heavy (non-hydrogen) atoms. The van der Waals surface area contributed by atoms with Crippen molar-refractivity contribution in [1.29, 1.82) is 0 Å². The van der Waals surface area contributed by atoms with E-state index in [-0.39, 0.29) is 5.92 Å². The fourth-order valence-electron chi connectivity index (χ4n) is 1.85. The Morgan fingerprint density at radius 3 is 2.81 bits per heavy atom. The number of hydrogen-bond acceptors (Lipinski definition) is 2. The molecule has 0 saturated carbocycles. The lowest BCUT2D eigenvalue weighted by Gasteiger charge is -2.36. The molecule has 1 aliphatic rings. The summed E-state index contributed by atoms with van der Waals surface area (Å²) in [6, 6.07) is 5.98. The molecule has 0 aliphatic carbocycles. The van der Waals surface area contributed by atoms with E-state index in [1.165, 1.54) is 0 Å². The fraction of sp³-hybridized carbons (Fsp3) is 0.417. The minimum absolute atomic E-state index is 0.194. The van der Waals surface area contributed by atoms with Gasteiger partial charge in [0.05, 0.1) is 5.92 Å². The summed E-state index contributed by atoms with van der Waals surface area (Å²) in [5.41, 5.74) is 2.21. The summed E-state index contributed by atoms with van der Waals surface area (Å²) in [4.78, 5) is 12.7. The van der Waals surface area contributed by atoms with Crippen molar-refractivity contribution in [3.05, 3.63) is 34.3 Å². The molecule has 2 rings (SSSR count). The van der Waals surface area contributed by atoms with E-state index >= 15 is 0 Å². The molecule has 0 spiro atoms. The summed E-state index contributed by atoms with van der Waals surface area (Å²) in [6.45, 7) is 4.03. The van der Waals surface area contributed by atoms with Crippen LogP contribution in [0.4, 0.5) is 0 Å². The standard InChI is InChI=1S/C12H14ClNO2/c1-8-2-3-9(4-11(8)13)5-14-6-10(7-14)12(15)16/h2-4,10H,5-7H2,1H3,(H,15,16). The summed E-state index contributed by atoms with van der Waals surface area (Å²) in [5.74, 6) is -0.890. The van der Waals surface area contributed by atoms with Gasteiger partial charge in [0.15, 0.2) is 0 Å². The third-order valence-electron chi connectivity index (χ3n) is 2.95. The molecule has 1 heterocycles. The van der Waals surface area contributed by atoms with Crippen molar-refractivity contribution in [2.24, 2.45) is 5.92 Å². The monoisotopic (exact) mass is 239 g/mol. The Morgan fingerprint density at radius 2 is 2.25 bits per heavy atom. The highest BCUT2D eigenvalue weighted by Gasteiger charge is 2.32. The average Bonchev–Trinajstić information content (AvgIpc) is 2.15. The zero-order valence-electron chi connectivity index (χ0n) is 9.11. The van der Waals surface area contributed by atoms with E-state index in [2.05, 4.69) is 4.90 Å². The molecule has 1 saturated heterocycles. The van der Waals surface area contributed by atoms with Gasteiger partial charge in [-0.25, -0.2) is 0 Å². The second kappa shape index (κ2) is 4.44. The summed E-state index contributed by atoms with van der Waals surface area (Å²) >= 11 is 6.02. The Balaban J connectivity index is 1.91. The number of aliphatic carboxylic acids is 1. The average molecular weight is 240 g/mol. The molecule has 0 radical (unpaired) electrons. The molecule has 0 atom stereocenters. The van der Waals surface area contributed by atoms with Gasteiger partial charge in [-0.05, 0) is 24.1 Å². The van der Waals surface area contributed by atoms with Crippen LogP contribution in [0.5, 0.6) is 0 Å². The highest BCUT2D eigenvalue weighted by Crippen LogP contribution is 2.22. The minimum atomic E-state index is -0.696. The van der Waals surface area contributed by atoms with Gasteiger partial charge in [-0.15, -0.1) is 0 Å². The van der Waals surface area contributed by atoms with Crippen LogP contribution < -0.4 is 0 Å². The number of nitrogens with zero attached hydrogens (tertiary/aromatic N) is 1. The van der Waals surface area contributed by atoms with Crippen LogP contribution in [-0.2, 0) is 11.3 Å². The molecule has 1 fully saturated rings. The lowest BCUT2D eigenvalue weighted by molar-refractivity contribution is -0.147. The largest absolute Gasteiger partial charge is 0.481 e. The zero-order chi connectivity index (χ0) is 11.7. The Labute approximate surface area is 99.6 Å².